The monoisotopic (exact) mass is 253 g/mol. The highest BCUT2D eigenvalue weighted by Crippen LogP contribution is 2.32. The van der Waals surface area contributed by atoms with Gasteiger partial charge < -0.3 is 10.2 Å². The Morgan fingerprint density at radius 2 is 2.24 bits per heavy atom. The second-order valence-electron chi connectivity index (χ2n) is 5.29. The Morgan fingerprint density at radius 1 is 1.47 bits per heavy atom. The van der Waals surface area contributed by atoms with Gasteiger partial charge in [0, 0.05) is 30.2 Å². The Morgan fingerprint density at radius 3 is 2.82 bits per heavy atom. The summed E-state index contributed by atoms with van der Waals surface area (Å²) >= 11 is 1.83. The third-order valence-electron chi connectivity index (χ3n) is 3.81. The Bertz CT molecular complexity index is 361. The van der Waals surface area contributed by atoms with Crippen molar-refractivity contribution in [2.45, 2.75) is 33.2 Å². The smallest absolute Gasteiger partial charge is 0.185 e. The first-order valence-electron chi connectivity index (χ1n) is 6.49. The summed E-state index contributed by atoms with van der Waals surface area (Å²) < 4.78 is 0. The van der Waals surface area contributed by atoms with E-state index < -0.39 is 0 Å². The molecular weight excluding hydrogens is 230 g/mol. The van der Waals surface area contributed by atoms with E-state index in [1.165, 1.54) is 29.5 Å². The number of hydrogen-bond acceptors (Lipinski definition) is 4. The maximum Gasteiger partial charge on any atom is 0.185 e. The molecule has 0 spiro atoms. The maximum absolute atomic E-state index is 4.57. The fourth-order valence-electron chi connectivity index (χ4n) is 2.27. The molecule has 1 fully saturated rings. The van der Waals surface area contributed by atoms with Gasteiger partial charge >= 0.3 is 0 Å². The van der Waals surface area contributed by atoms with Gasteiger partial charge in [0.25, 0.3) is 0 Å². The lowest BCUT2D eigenvalue weighted by Gasteiger charge is -2.16. The lowest BCUT2D eigenvalue weighted by Crippen LogP contribution is -2.20. The van der Waals surface area contributed by atoms with Gasteiger partial charge in [-0.15, -0.1) is 11.3 Å². The molecule has 1 aromatic rings. The molecule has 0 aromatic carbocycles. The first kappa shape index (κ1) is 12.8. The van der Waals surface area contributed by atoms with E-state index in [2.05, 4.69) is 36.0 Å². The summed E-state index contributed by atoms with van der Waals surface area (Å²) in [5.74, 6) is 1.62. The fraction of sp³-hybridized carbons (Fsp3) is 0.769. The molecule has 1 saturated heterocycles. The van der Waals surface area contributed by atoms with Crippen LogP contribution < -0.4 is 10.2 Å². The second kappa shape index (κ2) is 5.36. The minimum absolute atomic E-state index is 0.407. The van der Waals surface area contributed by atoms with Gasteiger partial charge in [0.15, 0.2) is 5.13 Å². The van der Waals surface area contributed by atoms with E-state index in [9.17, 15) is 0 Å². The normalized spacial score (nSPS) is 22.4. The molecule has 17 heavy (non-hydrogen) atoms. The zero-order chi connectivity index (χ0) is 12.4. The summed E-state index contributed by atoms with van der Waals surface area (Å²) in [5.41, 5.74) is 0. The van der Waals surface area contributed by atoms with Crippen LogP contribution in [0.25, 0.3) is 0 Å². The molecule has 0 aliphatic carbocycles. The third-order valence-corrected chi connectivity index (χ3v) is 5.05. The van der Waals surface area contributed by atoms with Gasteiger partial charge in [0.05, 0.1) is 0 Å². The number of aromatic nitrogens is 1. The van der Waals surface area contributed by atoms with Crippen LogP contribution in [-0.2, 0) is 0 Å². The van der Waals surface area contributed by atoms with Gasteiger partial charge in [-0.1, -0.05) is 13.8 Å². The van der Waals surface area contributed by atoms with Gasteiger partial charge in [-0.25, -0.2) is 4.98 Å². The van der Waals surface area contributed by atoms with Crippen LogP contribution in [0, 0.1) is 11.8 Å². The predicted octanol–water partition coefficient (Wildman–Crippen LogP) is 2.91. The molecule has 0 saturated carbocycles. The number of nitrogens with one attached hydrogen (secondary N) is 1. The molecule has 2 heterocycles. The molecule has 2 rings (SSSR count). The van der Waals surface area contributed by atoms with Gasteiger partial charge in [0.2, 0.25) is 0 Å². The standard InChI is InChI=1S/C13H23N3S/c1-9(2)11-5-6-16(8-11)13-15-7-12(17-13)10(3)14-4/h7,9-11,14H,5-6,8H2,1-4H3. The van der Waals surface area contributed by atoms with Crippen LogP contribution in [0.3, 0.4) is 0 Å². The zero-order valence-electron chi connectivity index (χ0n) is 11.2. The average molecular weight is 253 g/mol. The molecule has 1 aliphatic rings. The predicted molar refractivity (Wildman–Crippen MR) is 74.7 cm³/mol. The van der Waals surface area contributed by atoms with E-state index in [0.717, 1.165) is 11.8 Å². The summed E-state index contributed by atoms with van der Waals surface area (Å²) in [4.78, 5) is 8.34. The van der Waals surface area contributed by atoms with Crippen LogP contribution >= 0.6 is 11.3 Å². The van der Waals surface area contributed by atoms with E-state index in [0.29, 0.717) is 6.04 Å². The Kier molecular flexibility index (Phi) is 4.05. The van der Waals surface area contributed by atoms with Crippen LogP contribution in [0.1, 0.15) is 38.1 Å². The summed E-state index contributed by atoms with van der Waals surface area (Å²) in [5, 5.41) is 4.46. The maximum atomic E-state index is 4.57. The highest BCUT2D eigenvalue weighted by Gasteiger charge is 2.26. The molecule has 2 atom stereocenters. The van der Waals surface area contributed by atoms with Crippen molar-refractivity contribution in [1.29, 1.82) is 0 Å². The average Bonchev–Trinajstić information content (AvgIpc) is 2.95. The zero-order valence-corrected chi connectivity index (χ0v) is 12.0. The molecule has 1 N–H and O–H groups in total. The van der Waals surface area contributed by atoms with Crippen LogP contribution in [0.5, 0.6) is 0 Å². The van der Waals surface area contributed by atoms with Crippen LogP contribution in [0.15, 0.2) is 6.20 Å². The van der Waals surface area contributed by atoms with Gasteiger partial charge in [-0.2, -0.15) is 0 Å². The SMILES string of the molecule is CNC(C)c1cnc(N2CCC(C(C)C)C2)s1. The minimum Gasteiger partial charge on any atom is -0.348 e. The largest absolute Gasteiger partial charge is 0.348 e. The van der Waals surface area contributed by atoms with Crippen LogP contribution in [-0.4, -0.2) is 25.1 Å². The van der Waals surface area contributed by atoms with Crippen molar-refractivity contribution >= 4 is 16.5 Å². The summed E-state index contributed by atoms with van der Waals surface area (Å²) in [6, 6.07) is 0.407. The third kappa shape index (κ3) is 2.80. The van der Waals surface area contributed by atoms with Crippen molar-refractivity contribution in [3.8, 4) is 0 Å². The van der Waals surface area contributed by atoms with Crippen molar-refractivity contribution in [1.82, 2.24) is 10.3 Å². The lowest BCUT2D eigenvalue weighted by molar-refractivity contribution is 0.423. The molecule has 4 heteroatoms. The minimum atomic E-state index is 0.407. The van der Waals surface area contributed by atoms with E-state index in [-0.39, 0.29) is 0 Å². The highest BCUT2D eigenvalue weighted by molar-refractivity contribution is 7.15. The number of rotatable bonds is 4. The number of anilines is 1. The number of thiazole rings is 1. The molecule has 1 aromatic heterocycles. The summed E-state index contributed by atoms with van der Waals surface area (Å²) in [6.07, 6.45) is 3.33. The topological polar surface area (TPSA) is 28.2 Å². The van der Waals surface area contributed by atoms with Gasteiger partial charge in [0.1, 0.15) is 0 Å². The van der Waals surface area contributed by atoms with Crippen LogP contribution in [0.4, 0.5) is 5.13 Å². The quantitative estimate of drug-likeness (QED) is 0.894. The Hall–Kier alpha value is -0.610. The lowest BCUT2D eigenvalue weighted by atomic mass is 9.95. The van der Waals surface area contributed by atoms with E-state index >= 15 is 0 Å². The van der Waals surface area contributed by atoms with Crippen LogP contribution in [0.2, 0.25) is 0 Å². The van der Waals surface area contributed by atoms with Gasteiger partial charge in [-0.05, 0) is 32.2 Å². The first-order valence-corrected chi connectivity index (χ1v) is 7.31. The molecule has 96 valence electrons. The molecule has 3 nitrogen and oxygen atoms in total. The summed E-state index contributed by atoms with van der Waals surface area (Å²) in [6.45, 7) is 9.18. The molecular formula is C13H23N3S. The highest BCUT2D eigenvalue weighted by atomic mass is 32.1. The Labute approximate surface area is 108 Å². The molecule has 0 amide bonds. The van der Waals surface area contributed by atoms with Crippen molar-refractivity contribution in [3.05, 3.63) is 11.1 Å². The first-order chi connectivity index (χ1) is 8.11. The fourth-order valence-corrected chi connectivity index (χ4v) is 3.28. The summed E-state index contributed by atoms with van der Waals surface area (Å²) in [7, 11) is 1.99. The molecule has 0 bridgehead atoms. The van der Waals surface area contributed by atoms with Crippen molar-refractivity contribution in [2.24, 2.45) is 11.8 Å². The van der Waals surface area contributed by atoms with E-state index in [4.69, 9.17) is 0 Å². The Balaban J connectivity index is 2.02. The van der Waals surface area contributed by atoms with E-state index in [1.54, 1.807) is 0 Å². The second-order valence-corrected chi connectivity index (χ2v) is 6.34. The molecule has 0 radical (unpaired) electrons. The van der Waals surface area contributed by atoms with Crippen molar-refractivity contribution in [3.63, 3.8) is 0 Å². The van der Waals surface area contributed by atoms with Crippen molar-refractivity contribution < 1.29 is 0 Å². The number of nitrogens with zero attached hydrogens (tertiary/aromatic N) is 2. The molecule has 1 aliphatic heterocycles. The molecule has 2 unspecified atom stereocenters. The van der Waals surface area contributed by atoms with E-state index in [1.807, 2.05) is 24.6 Å². The van der Waals surface area contributed by atoms with Gasteiger partial charge in [-0.3, -0.25) is 0 Å². The number of hydrogen-bond donors (Lipinski definition) is 1. The van der Waals surface area contributed by atoms with Crippen molar-refractivity contribution in [2.75, 3.05) is 25.0 Å².